The number of pyridine rings is 1. The topological polar surface area (TPSA) is 60.2 Å². The van der Waals surface area contributed by atoms with Gasteiger partial charge in [-0.05, 0) is 90.3 Å². The van der Waals surface area contributed by atoms with E-state index in [1.165, 1.54) is 11.8 Å². The number of thioether (sulfide) groups is 1. The van der Waals surface area contributed by atoms with E-state index in [0.717, 1.165) is 58.2 Å². The molecule has 0 fully saturated rings. The molecule has 3 aromatic carbocycles. The first-order valence-electron chi connectivity index (χ1n) is 13.0. The molecule has 40 heavy (non-hydrogen) atoms. The molecule has 0 aliphatic heterocycles. The normalized spacial score (nSPS) is 14.3. The van der Waals surface area contributed by atoms with Crippen molar-refractivity contribution in [2.75, 3.05) is 6.26 Å². The predicted octanol–water partition coefficient (Wildman–Crippen LogP) is 8.36. The van der Waals surface area contributed by atoms with Crippen molar-refractivity contribution in [2.45, 2.75) is 24.4 Å². The van der Waals surface area contributed by atoms with Gasteiger partial charge < -0.3 is 0 Å². The number of fused-ring (bicyclic) bond motifs is 5. The van der Waals surface area contributed by atoms with Gasteiger partial charge >= 0.3 is 0 Å². The highest BCUT2D eigenvalue weighted by Gasteiger charge is 2.26. The Labute approximate surface area is 244 Å². The molecule has 0 radical (unpaired) electrons. The summed E-state index contributed by atoms with van der Waals surface area (Å²) in [6, 6.07) is 23.1. The Hall–Kier alpha value is -3.71. The molecule has 0 N–H and O–H groups in total. The smallest absolute Gasteiger partial charge is 0.267 e. The van der Waals surface area contributed by atoms with Crippen LogP contribution in [-0.4, -0.2) is 25.6 Å². The lowest BCUT2D eigenvalue weighted by atomic mass is 9.84. The number of hydrogen-bond donors (Lipinski definition) is 0. The van der Waals surface area contributed by atoms with Crippen LogP contribution in [0.1, 0.15) is 29.7 Å². The maximum atomic E-state index is 13.8. The van der Waals surface area contributed by atoms with Gasteiger partial charge in [-0.2, -0.15) is 0 Å². The van der Waals surface area contributed by atoms with Crippen molar-refractivity contribution in [2.24, 2.45) is 0 Å². The van der Waals surface area contributed by atoms with Gasteiger partial charge in [0.25, 0.3) is 5.56 Å². The highest BCUT2D eigenvalue weighted by molar-refractivity contribution is 7.98. The lowest BCUT2D eigenvalue weighted by molar-refractivity contribution is 0.812. The zero-order valence-corrected chi connectivity index (χ0v) is 23.8. The molecule has 0 spiro atoms. The molecule has 0 saturated carbocycles. The van der Waals surface area contributed by atoms with Crippen molar-refractivity contribution in [1.29, 1.82) is 0 Å². The summed E-state index contributed by atoms with van der Waals surface area (Å²) in [5, 5.41) is 3.25. The Kier molecular flexibility index (Phi) is 6.34. The quantitative estimate of drug-likeness (QED) is 0.0910. The average Bonchev–Trinajstić information content (AvgIpc) is 2.97. The van der Waals surface area contributed by atoms with E-state index in [2.05, 4.69) is 6.08 Å². The van der Waals surface area contributed by atoms with Gasteiger partial charge in [0.15, 0.2) is 16.5 Å². The molecule has 7 rings (SSSR count). The van der Waals surface area contributed by atoms with E-state index in [1.807, 2.05) is 79.1 Å². The summed E-state index contributed by atoms with van der Waals surface area (Å²) in [7, 11) is 0. The van der Waals surface area contributed by atoms with Crippen LogP contribution >= 0.6 is 35.0 Å². The van der Waals surface area contributed by atoms with Crippen molar-refractivity contribution >= 4 is 74.2 Å². The first-order valence-corrected chi connectivity index (χ1v) is 14.9. The molecule has 196 valence electrons. The Morgan fingerprint density at radius 3 is 2.35 bits per heavy atom. The molecular weight excluding hydrogens is 559 g/mol. The lowest BCUT2D eigenvalue weighted by Gasteiger charge is -2.24. The summed E-state index contributed by atoms with van der Waals surface area (Å²) in [5.41, 5.74) is 7.91. The third-order valence-corrected chi connectivity index (χ3v) is 8.52. The van der Waals surface area contributed by atoms with Crippen molar-refractivity contribution in [3.63, 3.8) is 0 Å². The number of allylic oxidation sites excluding steroid dienone is 1. The Morgan fingerprint density at radius 2 is 1.60 bits per heavy atom. The van der Waals surface area contributed by atoms with E-state index in [9.17, 15) is 4.79 Å². The molecule has 0 unspecified atom stereocenters. The van der Waals surface area contributed by atoms with Crippen LogP contribution in [0.4, 0.5) is 0 Å². The predicted molar refractivity (Wildman–Crippen MR) is 167 cm³/mol. The van der Waals surface area contributed by atoms with E-state index < -0.39 is 0 Å². The summed E-state index contributed by atoms with van der Waals surface area (Å²) in [6.07, 6.45) is 6.83. The summed E-state index contributed by atoms with van der Waals surface area (Å²) < 4.78 is 1.64. The van der Waals surface area contributed by atoms with Crippen molar-refractivity contribution in [1.82, 2.24) is 19.4 Å². The molecule has 3 aromatic heterocycles. The van der Waals surface area contributed by atoms with Gasteiger partial charge in [-0.25, -0.2) is 19.4 Å². The van der Waals surface area contributed by atoms with E-state index in [1.54, 1.807) is 4.40 Å². The van der Waals surface area contributed by atoms with Crippen molar-refractivity contribution in [3.05, 3.63) is 110 Å². The highest BCUT2D eigenvalue weighted by atomic mass is 35.5. The monoisotopic (exact) mass is 580 g/mol. The molecule has 0 saturated heterocycles. The number of para-hydroxylation sites is 1. The van der Waals surface area contributed by atoms with Gasteiger partial charge in [-0.1, -0.05) is 71.4 Å². The summed E-state index contributed by atoms with van der Waals surface area (Å²) in [5.74, 6) is 0. The number of hydrogen-bond acceptors (Lipinski definition) is 5. The number of rotatable bonds is 3. The van der Waals surface area contributed by atoms with Crippen LogP contribution in [0, 0.1) is 0 Å². The standard InChI is InChI=1S/C32H22Cl2N4OS/c1-40-32-37-29-27(30-35-25-8-3-2-6-23(25)31(39)38(30)32)26(19-11-15-22(34)16-12-19)24-7-4-5-20(28(24)36-29)17-18-9-13-21(33)14-10-18/h2-3,6,8-17H,4-5,7H2,1H3/b20-17+. The first kappa shape index (κ1) is 25.3. The van der Waals surface area contributed by atoms with E-state index in [-0.39, 0.29) is 5.56 Å². The zero-order chi connectivity index (χ0) is 27.4. The van der Waals surface area contributed by atoms with Crippen LogP contribution in [0.15, 0.2) is 82.7 Å². The highest BCUT2D eigenvalue weighted by Crippen LogP contribution is 2.42. The molecule has 5 nitrogen and oxygen atoms in total. The first-order chi connectivity index (χ1) is 19.5. The van der Waals surface area contributed by atoms with E-state index in [0.29, 0.717) is 37.4 Å². The van der Waals surface area contributed by atoms with Crippen LogP contribution in [0.2, 0.25) is 10.0 Å². The third kappa shape index (κ3) is 4.19. The van der Waals surface area contributed by atoms with Crippen molar-refractivity contribution in [3.8, 4) is 11.1 Å². The molecule has 8 heteroatoms. The second kappa shape index (κ2) is 10.0. The Balaban J connectivity index is 1.64. The minimum absolute atomic E-state index is 0.137. The molecule has 0 atom stereocenters. The van der Waals surface area contributed by atoms with Crippen LogP contribution in [0.5, 0.6) is 0 Å². The summed E-state index contributed by atoms with van der Waals surface area (Å²) in [6.45, 7) is 0. The number of halogens is 2. The average molecular weight is 582 g/mol. The maximum absolute atomic E-state index is 13.8. The molecule has 1 aliphatic rings. The molecule has 6 aromatic rings. The summed E-state index contributed by atoms with van der Waals surface area (Å²) in [4.78, 5) is 29.0. The third-order valence-electron chi connectivity index (χ3n) is 7.37. The molecule has 0 amide bonds. The summed E-state index contributed by atoms with van der Waals surface area (Å²) >= 11 is 13.9. The van der Waals surface area contributed by atoms with Gasteiger partial charge in [0.1, 0.15) is 0 Å². The lowest BCUT2D eigenvalue weighted by Crippen LogP contribution is -2.19. The Bertz CT molecular complexity index is 2050. The molecule has 3 heterocycles. The van der Waals surface area contributed by atoms with Crippen LogP contribution in [0.3, 0.4) is 0 Å². The molecule has 0 bridgehead atoms. The van der Waals surface area contributed by atoms with Crippen LogP contribution < -0.4 is 5.56 Å². The SMILES string of the molecule is CSc1nc2nc3c(c(-c4ccc(Cl)cc4)c2c2nc4ccccc4c(=O)n12)CCC/C3=C\c1ccc(Cl)cc1. The van der Waals surface area contributed by atoms with Crippen LogP contribution in [0.25, 0.3) is 50.4 Å². The fourth-order valence-corrected chi connectivity index (χ4v) is 6.36. The van der Waals surface area contributed by atoms with Crippen molar-refractivity contribution < 1.29 is 0 Å². The number of aromatic nitrogens is 4. The van der Waals surface area contributed by atoms with E-state index in [4.69, 9.17) is 38.2 Å². The fraction of sp³-hybridized carbons (Fsp3) is 0.125. The minimum atomic E-state index is -0.137. The molecular formula is C32H22Cl2N4OS. The minimum Gasteiger partial charge on any atom is -0.268 e. The Morgan fingerprint density at radius 1 is 0.875 bits per heavy atom. The second-order valence-electron chi connectivity index (χ2n) is 9.79. The van der Waals surface area contributed by atoms with Gasteiger partial charge in [0.05, 0.1) is 22.0 Å². The van der Waals surface area contributed by atoms with Gasteiger partial charge in [0.2, 0.25) is 0 Å². The number of benzene rings is 3. The van der Waals surface area contributed by atoms with Gasteiger partial charge in [0, 0.05) is 15.6 Å². The zero-order valence-electron chi connectivity index (χ0n) is 21.5. The largest absolute Gasteiger partial charge is 0.268 e. The fourth-order valence-electron chi connectivity index (χ4n) is 5.58. The number of nitrogens with zero attached hydrogens (tertiary/aromatic N) is 4. The van der Waals surface area contributed by atoms with Crippen LogP contribution in [-0.2, 0) is 6.42 Å². The van der Waals surface area contributed by atoms with E-state index >= 15 is 0 Å². The maximum Gasteiger partial charge on any atom is 0.267 e. The van der Waals surface area contributed by atoms with Gasteiger partial charge in [-0.3, -0.25) is 4.79 Å². The second-order valence-corrected chi connectivity index (χ2v) is 11.4. The van der Waals surface area contributed by atoms with Gasteiger partial charge in [-0.15, -0.1) is 0 Å². The molecule has 1 aliphatic carbocycles.